The van der Waals surface area contributed by atoms with Gasteiger partial charge in [0.15, 0.2) is 0 Å². The summed E-state index contributed by atoms with van der Waals surface area (Å²) >= 11 is 0. The SMILES string of the molecule is CC(C)(C)c1ccc(CC(O)c2cncc(F)c2)cc1. The van der Waals surface area contributed by atoms with Gasteiger partial charge in [0, 0.05) is 18.2 Å². The van der Waals surface area contributed by atoms with E-state index in [1.54, 1.807) is 0 Å². The maximum Gasteiger partial charge on any atom is 0.141 e. The molecule has 0 aliphatic carbocycles. The molecular weight excluding hydrogens is 253 g/mol. The molecule has 0 saturated heterocycles. The predicted molar refractivity (Wildman–Crippen MR) is 78.0 cm³/mol. The molecule has 2 aromatic rings. The van der Waals surface area contributed by atoms with E-state index in [4.69, 9.17) is 0 Å². The van der Waals surface area contributed by atoms with Crippen LogP contribution in [0.3, 0.4) is 0 Å². The van der Waals surface area contributed by atoms with Crippen molar-refractivity contribution in [2.45, 2.75) is 38.7 Å². The van der Waals surface area contributed by atoms with Crippen LogP contribution in [0, 0.1) is 5.82 Å². The van der Waals surface area contributed by atoms with Gasteiger partial charge in [-0.25, -0.2) is 4.39 Å². The van der Waals surface area contributed by atoms with Gasteiger partial charge in [-0.15, -0.1) is 0 Å². The Morgan fingerprint density at radius 3 is 2.35 bits per heavy atom. The van der Waals surface area contributed by atoms with E-state index >= 15 is 0 Å². The molecule has 0 amide bonds. The molecule has 0 radical (unpaired) electrons. The van der Waals surface area contributed by atoms with E-state index in [0.717, 1.165) is 11.8 Å². The van der Waals surface area contributed by atoms with Crippen molar-refractivity contribution in [1.29, 1.82) is 0 Å². The average molecular weight is 273 g/mol. The monoisotopic (exact) mass is 273 g/mol. The van der Waals surface area contributed by atoms with Gasteiger partial charge in [-0.3, -0.25) is 4.98 Å². The molecule has 0 saturated carbocycles. The van der Waals surface area contributed by atoms with Crippen molar-refractivity contribution >= 4 is 0 Å². The van der Waals surface area contributed by atoms with Crippen molar-refractivity contribution in [2.75, 3.05) is 0 Å². The zero-order valence-electron chi connectivity index (χ0n) is 12.1. The summed E-state index contributed by atoms with van der Waals surface area (Å²) in [6, 6.07) is 9.49. The van der Waals surface area contributed by atoms with E-state index in [0.29, 0.717) is 12.0 Å². The summed E-state index contributed by atoms with van der Waals surface area (Å²) in [5.74, 6) is -0.426. The molecule has 106 valence electrons. The Labute approximate surface area is 119 Å². The lowest BCUT2D eigenvalue weighted by atomic mass is 9.86. The first-order chi connectivity index (χ1) is 9.36. The molecule has 1 aromatic carbocycles. The van der Waals surface area contributed by atoms with Crippen LogP contribution in [0.4, 0.5) is 4.39 Å². The van der Waals surface area contributed by atoms with Gasteiger partial charge in [-0.1, -0.05) is 45.0 Å². The molecule has 1 unspecified atom stereocenters. The minimum Gasteiger partial charge on any atom is -0.388 e. The maximum absolute atomic E-state index is 13.1. The van der Waals surface area contributed by atoms with Crippen molar-refractivity contribution in [3.05, 3.63) is 65.2 Å². The van der Waals surface area contributed by atoms with E-state index in [9.17, 15) is 9.50 Å². The zero-order valence-corrected chi connectivity index (χ0v) is 12.1. The van der Waals surface area contributed by atoms with Gasteiger partial charge in [0.1, 0.15) is 5.82 Å². The number of hydrogen-bond acceptors (Lipinski definition) is 2. The van der Waals surface area contributed by atoms with Crippen molar-refractivity contribution in [2.24, 2.45) is 0 Å². The largest absolute Gasteiger partial charge is 0.388 e. The molecule has 1 N–H and O–H groups in total. The lowest BCUT2D eigenvalue weighted by Gasteiger charge is -2.19. The Morgan fingerprint density at radius 2 is 1.80 bits per heavy atom. The predicted octanol–water partition coefficient (Wildman–Crippen LogP) is 3.79. The molecule has 1 heterocycles. The Hall–Kier alpha value is -1.74. The molecule has 0 bridgehead atoms. The first-order valence-corrected chi connectivity index (χ1v) is 6.74. The highest BCUT2D eigenvalue weighted by atomic mass is 19.1. The third kappa shape index (κ3) is 3.64. The first kappa shape index (κ1) is 14.7. The highest BCUT2D eigenvalue weighted by molar-refractivity contribution is 5.28. The minimum atomic E-state index is -0.737. The van der Waals surface area contributed by atoms with Gasteiger partial charge >= 0.3 is 0 Å². The molecule has 0 aliphatic heterocycles. The van der Waals surface area contributed by atoms with E-state index in [1.807, 2.05) is 12.1 Å². The standard InChI is InChI=1S/C17H20FNO/c1-17(2,3)14-6-4-12(5-7-14)8-16(20)13-9-15(18)11-19-10-13/h4-7,9-11,16,20H,8H2,1-3H3. The number of aliphatic hydroxyl groups excluding tert-OH is 1. The van der Waals surface area contributed by atoms with Crippen LogP contribution in [0.15, 0.2) is 42.7 Å². The van der Waals surface area contributed by atoms with Crippen LogP contribution in [0.25, 0.3) is 0 Å². The van der Waals surface area contributed by atoms with Crippen molar-refractivity contribution < 1.29 is 9.50 Å². The average Bonchev–Trinajstić information content (AvgIpc) is 2.38. The Kier molecular flexibility index (Phi) is 4.19. The molecule has 0 fully saturated rings. The van der Waals surface area contributed by atoms with Gasteiger partial charge in [-0.05, 0) is 22.6 Å². The quantitative estimate of drug-likeness (QED) is 0.922. The van der Waals surface area contributed by atoms with Gasteiger partial charge in [-0.2, -0.15) is 0 Å². The number of halogens is 1. The van der Waals surface area contributed by atoms with E-state index < -0.39 is 11.9 Å². The van der Waals surface area contributed by atoms with Crippen LogP contribution >= 0.6 is 0 Å². The topological polar surface area (TPSA) is 33.1 Å². The number of benzene rings is 1. The van der Waals surface area contributed by atoms with Gasteiger partial charge < -0.3 is 5.11 Å². The fourth-order valence-corrected chi connectivity index (χ4v) is 2.09. The number of aliphatic hydroxyl groups is 1. The fraction of sp³-hybridized carbons (Fsp3) is 0.353. The maximum atomic E-state index is 13.1. The van der Waals surface area contributed by atoms with E-state index in [2.05, 4.69) is 37.9 Å². The van der Waals surface area contributed by atoms with E-state index in [1.165, 1.54) is 17.8 Å². The van der Waals surface area contributed by atoms with Crippen molar-refractivity contribution in [1.82, 2.24) is 4.98 Å². The summed E-state index contributed by atoms with van der Waals surface area (Å²) < 4.78 is 13.1. The van der Waals surface area contributed by atoms with Crippen LogP contribution in [0.2, 0.25) is 0 Å². The summed E-state index contributed by atoms with van der Waals surface area (Å²) in [5.41, 5.74) is 2.90. The number of pyridine rings is 1. The molecule has 0 aliphatic rings. The molecule has 0 spiro atoms. The van der Waals surface area contributed by atoms with Crippen LogP contribution in [-0.2, 0) is 11.8 Å². The summed E-state index contributed by atoms with van der Waals surface area (Å²) in [6.45, 7) is 6.49. The number of nitrogens with zero attached hydrogens (tertiary/aromatic N) is 1. The lowest BCUT2D eigenvalue weighted by molar-refractivity contribution is 0.177. The molecule has 2 nitrogen and oxygen atoms in total. The zero-order chi connectivity index (χ0) is 14.8. The molecule has 2 rings (SSSR count). The Bertz CT molecular complexity index is 572. The Balaban J connectivity index is 2.10. The summed E-state index contributed by atoms with van der Waals surface area (Å²) in [7, 11) is 0. The van der Waals surface area contributed by atoms with Crippen LogP contribution in [0.5, 0.6) is 0 Å². The molecular formula is C17H20FNO. The summed E-state index contributed by atoms with van der Waals surface area (Å²) in [5, 5.41) is 10.1. The normalized spacial score (nSPS) is 13.2. The van der Waals surface area contributed by atoms with Crippen LogP contribution in [0.1, 0.15) is 43.6 Å². The highest BCUT2D eigenvalue weighted by Crippen LogP contribution is 2.24. The smallest absolute Gasteiger partial charge is 0.141 e. The second-order valence-electron chi connectivity index (χ2n) is 6.10. The highest BCUT2D eigenvalue weighted by Gasteiger charge is 2.14. The third-order valence-electron chi connectivity index (χ3n) is 3.36. The van der Waals surface area contributed by atoms with Gasteiger partial charge in [0.25, 0.3) is 0 Å². The molecule has 1 atom stereocenters. The molecule has 20 heavy (non-hydrogen) atoms. The summed E-state index contributed by atoms with van der Waals surface area (Å²) in [4.78, 5) is 3.76. The van der Waals surface area contributed by atoms with Gasteiger partial charge in [0.05, 0.1) is 12.3 Å². The van der Waals surface area contributed by atoms with Gasteiger partial charge in [0.2, 0.25) is 0 Å². The lowest BCUT2D eigenvalue weighted by Crippen LogP contribution is -2.11. The number of rotatable bonds is 3. The van der Waals surface area contributed by atoms with Crippen LogP contribution in [-0.4, -0.2) is 10.1 Å². The second-order valence-corrected chi connectivity index (χ2v) is 6.10. The Morgan fingerprint density at radius 1 is 1.15 bits per heavy atom. The molecule has 3 heteroatoms. The number of hydrogen-bond donors (Lipinski definition) is 1. The number of aromatic nitrogens is 1. The van der Waals surface area contributed by atoms with E-state index in [-0.39, 0.29) is 5.41 Å². The fourth-order valence-electron chi connectivity index (χ4n) is 2.09. The summed E-state index contributed by atoms with van der Waals surface area (Å²) in [6.07, 6.45) is 2.35. The molecule has 1 aromatic heterocycles. The third-order valence-corrected chi connectivity index (χ3v) is 3.36. The minimum absolute atomic E-state index is 0.115. The first-order valence-electron chi connectivity index (χ1n) is 6.74. The van der Waals surface area contributed by atoms with Crippen molar-refractivity contribution in [3.63, 3.8) is 0 Å². The van der Waals surface area contributed by atoms with Crippen LogP contribution < -0.4 is 0 Å². The van der Waals surface area contributed by atoms with Crippen molar-refractivity contribution in [3.8, 4) is 0 Å². The second kappa shape index (κ2) is 5.71.